The summed E-state index contributed by atoms with van der Waals surface area (Å²) in [4.78, 5) is 15.5. The molecule has 2 aromatic carbocycles. The molecule has 5 nitrogen and oxygen atoms in total. The van der Waals surface area contributed by atoms with E-state index in [9.17, 15) is 9.18 Å². The molecule has 6 heteroatoms. The Morgan fingerprint density at radius 1 is 1.16 bits per heavy atom. The summed E-state index contributed by atoms with van der Waals surface area (Å²) in [5.41, 5.74) is 2.59. The van der Waals surface area contributed by atoms with Crippen LogP contribution in [0.5, 0.6) is 0 Å². The highest BCUT2D eigenvalue weighted by molar-refractivity contribution is 5.81. The second-order valence-corrected chi connectivity index (χ2v) is 9.70. The van der Waals surface area contributed by atoms with Crippen LogP contribution in [0.4, 0.5) is 4.39 Å². The highest BCUT2D eigenvalue weighted by Crippen LogP contribution is 2.54. The van der Waals surface area contributed by atoms with E-state index < -0.39 is 0 Å². The summed E-state index contributed by atoms with van der Waals surface area (Å²) in [5, 5.41) is 14.7. The van der Waals surface area contributed by atoms with Gasteiger partial charge >= 0.3 is 0 Å². The Bertz CT molecular complexity index is 1240. The van der Waals surface area contributed by atoms with E-state index in [1.165, 1.54) is 6.07 Å². The predicted octanol–water partition coefficient (Wildman–Crippen LogP) is 4.68. The van der Waals surface area contributed by atoms with Gasteiger partial charge in [0, 0.05) is 24.4 Å². The molecule has 0 radical (unpaired) electrons. The molecule has 3 aromatic rings. The van der Waals surface area contributed by atoms with Crippen LogP contribution in [-0.2, 0) is 11.3 Å². The number of nitrogens with zero attached hydrogens (tertiary/aromatic N) is 4. The maximum absolute atomic E-state index is 13.7. The number of halogens is 1. The number of rotatable bonds is 4. The van der Waals surface area contributed by atoms with Gasteiger partial charge in [-0.3, -0.25) is 9.48 Å². The predicted molar refractivity (Wildman–Crippen MR) is 118 cm³/mol. The SMILES string of the molecule is N#Cc1ccc2c(cnn2C[C@@H]2C[C@H](C(=O)N3CCC3c3cccc(F)c3)C3CC2C3)c1. The zero-order valence-electron chi connectivity index (χ0n) is 17.8. The molecule has 3 atom stereocenters. The van der Waals surface area contributed by atoms with E-state index in [0.29, 0.717) is 23.3 Å². The average Bonchev–Trinajstić information content (AvgIpc) is 3.14. The molecule has 2 bridgehead atoms. The smallest absolute Gasteiger partial charge is 0.226 e. The van der Waals surface area contributed by atoms with Crippen molar-refractivity contribution in [3.8, 4) is 6.07 Å². The maximum atomic E-state index is 13.7. The molecular weight excluding hydrogens is 403 g/mol. The molecule has 2 heterocycles. The van der Waals surface area contributed by atoms with E-state index >= 15 is 0 Å². The van der Waals surface area contributed by atoms with Crippen LogP contribution in [0.2, 0.25) is 0 Å². The van der Waals surface area contributed by atoms with Gasteiger partial charge in [0.2, 0.25) is 5.91 Å². The monoisotopic (exact) mass is 428 g/mol. The Hall–Kier alpha value is -3.20. The molecule has 7 rings (SSSR count). The van der Waals surface area contributed by atoms with E-state index in [4.69, 9.17) is 5.26 Å². The number of carbonyl (C=O) groups excluding carboxylic acids is 1. The van der Waals surface area contributed by atoms with Gasteiger partial charge in [0.1, 0.15) is 5.82 Å². The van der Waals surface area contributed by atoms with Gasteiger partial charge in [0.15, 0.2) is 0 Å². The Kier molecular flexibility index (Phi) is 4.53. The molecular formula is C26H25FN4O. The van der Waals surface area contributed by atoms with E-state index in [1.807, 2.05) is 40.0 Å². The van der Waals surface area contributed by atoms with E-state index in [2.05, 4.69) is 11.2 Å². The Morgan fingerprint density at radius 3 is 2.78 bits per heavy atom. The quantitative estimate of drug-likeness (QED) is 0.606. The summed E-state index contributed by atoms with van der Waals surface area (Å²) in [7, 11) is 0. The molecule has 4 aliphatic rings. The summed E-state index contributed by atoms with van der Waals surface area (Å²) in [5.74, 6) is 1.66. The average molecular weight is 429 g/mol. The third kappa shape index (κ3) is 3.10. The van der Waals surface area contributed by atoms with Gasteiger partial charge in [0.25, 0.3) is 0 Å². The molecule has 4 fully saturated rings. The van der Waals surface area contributed by atoms with Crippen molar-refractivity contribution in [1.29, 1.82) is 5.26 Å². The fraction of sp³-hybridized carbons (Fsp3) is 0.423. The Labute approximate surface area is 186 Å². The van der Waals surface area contributed by atoms with Crippen molar-refractivity contribution in [3.63, 3.8) is 0 Å². The first-order chi connectivity index (χ1) is 15.6. The molecule has 1 saturated heterocycles. The van der Waals surface area contributed by atoms with Gasteiger partial charge in [-0.25, -0.2) is 4.39 Å². The maximum Gasteiger partial charge on any atom is 0.226 e. The van der Waals surface area contributed by atoms with Crippen molar-refractivity contribution in [2.75, 3.05) is 6.54 Å². The zero-order chi connectivity index (χ0) is 21.8. The number of hydrogen-bond donors (Lipinski definition) is 0. The van der Waals surface area contributed by atoms with Crippen molar-refractivity contribution in [2.45, 2.75) is 38.3 Å². The van der Waals surface area contributed by atoms with Crippen LogP contribution in [-0.4, -0.2) is 27.1 Å². The summed E-state index contributed by atoms with van der Waals surface area (Å²) in [6.07, 6.45) is 5.88. The highest BCUT2D eigenvalue weighted by Gasteiger charge is 2.51. The third-order valence-corrected chi connectivity index (χ3v) is 8.04. The largest absolute Gasteiger partial charge is 0.335 e. The number of amides is 1. The van der Waals surface area contributed by atoms with Crippen molar-refractivity contribution in [2.24, 2.45) is 23.7 Å². The first kappa shape index (κ1) is 19.5. The molecule has 1 aromatic heterocycles. The molecule has 3 aliphatic carbocycles. The van der Waals surface area contributed by atoms with Gasteiger partial charge in [-0.1, -0.05) is 12.1 Å². The minimum Gasteiger partial charge on any atom is -0.335 e. The third-order valence-electron chi connectivity index (χ3n) is 8.04. The van der Waals surface area contributed by atoms with E-state index in [-0.39, 0.29) is 23.7 Å². The summed E-state index contributed by atoms with van der Waals surface area (Å²) in [6, 6.07) is 14.6. The standard InChI is InChI=1S/C26H25FN4O/c27-22-3-1-2-17(11-22)24-6-7-30(24)26(32)23-12-21(18-9-19(23)10-18)15-31-25-5-4-16(13-28)8-20(25)14-29-31/h1-5,8,11,14,18-19,21,23-24H,6-7,9-10,12,15H2/t18?,19?,21-,23-,24?/m0/s1. The first-order valence-corrected chi connectivity index (χ1v) is 11.5. The van der Waals surface area contributed by atoms with Crippen molar-refractivity contribution >= 4 is 16.8 Å². The fourth-order valence-electron chi connectivity index (χ4n) is 6.11. The van der Waals surface area contributed by atoms with Gasteiger partial charge in [-0.15, -0.1) is 0 Å². The minimum atomic E-state index is -0.241. The normalized spacial score (nSPS) is 28.6. The lowest BCUT2D eigenvalue weighted by Gasteiger charge is -2.53. The topological polar surface area (TPSA) is 61.9 Å². The summed E-state index contributed by atoms with van der Waals surface area (Å²) < 4.78 is 15.7. The molecule has 1 unspecified atom stereocenters. The summed E-state index contributed by atoms with van der Waals surface area (Å²) in [6.45, 7) is 1.58. The highest BCUT2D eigenvalue weighted by atomic mass is 19.1. The lowest BCUT2D eigenvalue weighted by atomic mass is 9.55. The van der Waals surface area contributed by atoms with Gasteiger partial charge in [0.05, 0.1) is 29.4 Å². The fourth-order valence-corrected chi connectivity index (χ4v) is 6.11. The van der Waals surface area contributed by atoms with Crippen molar-refractivity contribution in [3.05, 3.63) is 65.6 Å². The molecule has 1 aliphatic heterocycles. The number of aromatic nitrogens is 2. The first-order valence-electron chi connectivity index (χ1n) is 11.5. The number of benzene rings is 2. The zero-order valence-corrected chi connectivity index (χ0v) is 17.8. The molecule has 0 N–H and O–H groups in total. The van der Waals surface area contributed by atoms with Gasteiger partial charge in [-0.2, -0.15) is 10.4 Å². The number of nitriles is 1. The van der Waals surface area contributed by atoms with Crippen molar-refractivity contribution < 1.29 is 9.18 Å². The number of likely N-dealkylation sites (tertiary alicyclic amines) is 1. The number of carbonyl (C=O) groups is 1. The molecule has 0 spiro atoms. The van der Waals surface area contributed by atoms with E-state index in [0.717, 1.165) is 55.2 Å². The van der Waals surface area contributed by atoms with Crippen LogP contribution in [0.3, 0.4) is 0 Å². The van der Waals surface area contributed by atoms with Crippen LogP contribution in [0, 0.1) is 40.8 Å². The van der Waals surface area contributed by atoms with Crippen LogP contribution in [0.1, 0.15) is 42.9 Å². The molecule has 1 amide bonds. The number of hydrogen-bond acceptors (Lipinski definition) is 3. The lowest BCUT2D eigenvalue weighted by molar-refractivity contribution is -0.154. The molecule has 32 heavy (non-hydrogen) atoms. The van der Waals surface area contributed by atoms with Crippen LogP contribution < -0.4 is 0 Å². The minimum absolute atomic E-state index is 0.0128. The van der Waals surface area contributed by atoms with Gasteiger partial charge in [-0.05, 0) is 79.3 Å². The van der Waals surface area contributed by atoms with Crippen LogP contribution in [0.25, 0.3) is 10.9 Å². The van der Waals surface area contributed by atoms with Crippen LogP contribution in [0.15, 0.2) is 48.7 Å². The Morgan fingerprint density at radius 2 is 2.03 bits per heavy atom. The molecule has 3 saturated carbocycles. The Balaban J connectivity index is 1.18. The van der Waals surface area contributed by atoms with Gasteiger partial charge < -0.3 is 4.90 Å². The van der Waals surface area contributed by atoms with Crippen LogP contribution >= 0.6 is 0 Å². The van der Waals surface area contributed by atoms with Crippen molar-refractivity contribution in [1.82, 2.24) is 14.7 Å². The second-order valence-electron chi connectivity index (χ2n) is 9.70. The van der Waals surface area contributed by atoms with E-state index in [1.54, 1.807) is 12.1 Å². The lowest BCUT2D eigenvalue weighted by Crippen LogP contribution is -2.54. The molecule has 162 valence electrons. The number of fused-ring (bicyclic) bond motifs is 3. The second kappa shape index (κ2) is 7.44. The summed E-state index contributed by atoms with van der Waals surface area (Å²) >= 11 is 0.